The van der Waals surface area contributed by atoms with Crippen LogP contribution in [0.2, 0.25) is 0 Å². The first-order chi connectivity index (χ1) is 15.6. The molecule has 1 heterocycles. The maximum Gasteiger partial charge on any atom is 0.331 e. The van der Waals surface area contributed by atoms with E-state index in [9.17, 15) is 14.3 Å². The summed E-state index contributed by atoms with van der Waals surface area (Å²) in [7, 11) is 0. The Bertz CT molecular complexity index is 1280. The number of aliphatic carboxylic acids is 1. The third-order valence-electron chi connectivity index (χ3n) is 6.56. The van der Waals surface area contributed by atoms with Crippen LogP contribution in [0.4, 0.5) is 4.39 Å². The van der Waals surface area contributed by atoms with E-state index in [1.54, 1.807) is 23.9 Å². The molecule has 0 fully saturated rings. The molecule has 0 saturated carbocycles. The lowest BCUT2D eigenvalue weighted by Crippen LogP contribution is -2.24. The Morgan fingerprint density at radius 2 is 1.84 bits per heavy atom. The normalized spacial score (nSPS) is 16.6. The van der Waals surface area contributed by atoms with E-state index in [1.165, 1.54) is 11.6 Å². The Morgan fingerprint density at radius 1 is 1.09 bits per heavy atom. The molecule has 0 saturated heterocycles. The van der Waals surface area contributed by atoms with Crippen molar-refractivity contribution in [2.24, 2.45) is 0 Å². The Hall–Kier alpha value is -3.05. The second-order valence-corrected chi connectivity index (χ2v) is 9.20. The van der Waals surface area contributed by atoms with Crippen LogP contribution in [0.25, 0.3) is 10.9 Å². The van der Waals surface area contributed by atoms with E-state index >= 15 is 0 Å². The van der Waals surface area contributed by atoms with Gasteiger partial charge in [0.15, 0.2) is 6.04 Å². The van der Waals surface area contributed by atoms with Crippen molar-refractivity contribution in [2.45, 2.75) is 36.1 Å². The molecule has 4 aromatic rings. The number of hydrogen-bond acceptors (Lipinski definition) is 2. The van der Waals surface area contributed by atoms with Crippen LogP contribution in [0.1, 0.15) is 40.8 Å². The lowest BCUT2D eigenvalue weighted by molar-refractivity contribution is -0.139. The minimum Gasteiger partial charge on any atom is -0.479 e. The van der Waals surface area contributed by atoms with Crippen LogP contribution in [-0.2, 0) is 17.6 Å². The highest BCUT2D eigenvalue weighted by Crippen LogP contribution is 2.41. The largest absolute Gasteiger partial charge is 0.479 e. The topological polar surface area (TPSA) is 42.2 Å². The molecule has 5 heteroatoms. The van der Waals surface area contributed by atoms with Gasteiger partial charge in [-0.1, -0.05) is 42.5 Å². The highest BCUT2D eigenvalue weighted by atomic mass is 32.2. The van der Waals surface area contributed by atoms with Gasteiger partial charge < -0.3 is 9.67 Å². The van der Waals surface area contributed by atoms with Crippen LogP contribution >= 0.6 is 11.8 Å². The number of carbonyl (C=O) groups is 1. The molecule has 162 valence electrons. The number of rotatable bonds is 5. The van der Waals surface area contributed by atoms with Crippen molar-refractivity contribution in [3.63, 3.8) is 0 Å². The number of thioether (sulfide) groups is 1. The number of hydrogen-bond donors (Lipinski definition) is 1. The van der Waals surface area contributed by atoms with Crippen LogP contribution < -0.4 is 0 Å². The molecule has 0 radical (unpaired) electrons. The number of benzene rings is 3. The van der Waals surface area contributed by atoms with E-state index in [-0.39, 0.29) is 5.82 Å². The predicted molar refractivity (Wildman–Crippen MR) is 127 cm³/mol. The Kier molecular flexibility index (Phi) is 5.51. The molecule has 1 aliphatic rings. The molecular formula is C27H24FNO2S. The molecule has 0 bridgehead atoms. The molecule has 1 aromatic heterocycles. The second kappa shape index (κ2) is 8.47. The van der Waals surface area contributed by atoms with Gasteiger partial charge in [0.2, 0.25) is 0 Å². The van der Waals surface area contributed by atoms with Gasteiger partial charge in [0, 0.05) is 21.5 Å². The SMILES string of the molecule is CSc1ccc(C(C(=O)O)n2c3c(c4cc(F)ccc42)CCC(c2ccccc2)C3)cc1. The monoisotopic (exact) mass is 445 g/mol. The zero-order chi connectivity index (χ0) is 22.2. The van der Waals surface area contributed by atoms with E-state index in [0.29, 0.717) is 5.92 Å². The van der Waals surface area contributed by atoms with E-state index in [2.05, 4.69) is 12.1 Å². The number of carboxylic acids is 1. The third kappa shape index (κ3) is 3.61. The third-order valence-corrected chi connectivity index (χ3v) is 7.30. The van der Waals surface area contributed by atoms with Gasteiger partial charge in [-0.2, -0.15) is 0 Å². The van der Waals surface area contributed by atoms with Gasteiger partial charge in [0.05, 0.1) is 0 Å². The lowest BCUT2D eigenvalue weighted by atomic mass is 9.82. The number of carboxylic acid groups (broad SMARTS) is 1. The quantitative estimate of drug-likeness (QED) is 0.359. The van der Waals surface area contributed by atoms with E-state index in [4.69, 9.17) is 0 Å². The van der Waals surface area contributed by atoms with E-state index in [0.717, 1.165) is 51.9 Å². The van der Waals surface area contributed by atoms with Crippen LogP contribution in [0, 0.1) is 5.82 Å². The maximum atomic E-state index is 14.2. The fourth-order valence-corrected chi connectivity index (χ4v) is 5.46. The summed E-state index contributed by atoms with van der Waals surface area (Å²) in [5, 5.41) is 11.2. The van der Waals surface area contributed by atoms with Crippen LogP contribution in [0.5, 0.6) is 0 Å². The van der Waals surface area contributed by atoms with Crippen molar-refractivity contribution < 1.29 is 14.3 Å². The molecule has 1 N–H and O–H groups in total. The van der Waals surface area contributed by atoms with Gasteiger partial charge in [-0.25, -0.2) is 9.18 Å². The van der Waals surface area contributed by atoms with Crippen molar-refractivity contribution in [2.75, 3.05) is 6.26 Å². The smallest absolute Gasteiger partial charge is 0.331 e. The number of aryl methyl sites for hydroxylation is 1. The Balaban J connectivity index is 1.70. The highest BCUT2D eigenvalue weighted by Gasteiger charge is 2.32. The van der Waals surface area contributed by atoms with Gasteiger partial charge in [-0.05, 0) is 78.5 Å². The van der Waals surface area contributed by atoms with Crippen LogP contribution in [-0.4, -0.2) is 21.9 Å². The molecule has 1 aliphatic carbocycles. The van der Waals surface area contributed by atoms with Crippen molar-refractivity contribution in [3.05, 3.63) is 101 Å². The van der Waals surface area contributed by atoms with E-state index in [1.807, 2.05) is 53.3 Å². The van der Waals surface area contributed by atoms with Gasteiger partial charge in [0.1, 0.15) is 5.82 Å². The molecule has 3 nitrogen and oxygen atoms in total. The molecule has 2 unspecified atom stereocenters. The fourth-order valence-electron chi connectivity index (χ4n) is 5.05. The molecular weight excluding hydrogens is 421 g/mol. The zero-order valence-electron chi connectivity index (χ0n) is 17.8. The summed E-state index contributed by atoms with van der Waals surface area (Å²) in [6, 6.07) is 21.9. The summed E-state index contributed by atoms with van der Waals surface area (Å²) in [5.74, 6) is -0.892. The van der Waals surface area contributed by atoms with Crippen molar-refractivity contribution in [3.8, 4) is 0 Å². The van der Waals surface area contributed by atoms with Gasteiger partial charge in [0.25, 0.3) is 0 Å². The molecule has 2 atom stereocenters. The van der Waals surface area contributed by atoms with Gasteiger partial charge >= 0.3 is 5.97 Å². The summed E-state index contributed by atoms with van der Waals surface area (Å²) in [6.45, 7) is 0. The summed E-state index contributed by atoms with van der Waals surface area (Å²) in [6.07, 6.45) is 4.51. The number of fused-ring (bicyclic) bond motifs is 3. The lowest BCUT2D eigenvalue weighted by Gasteiger charge is -2.27. The average molecular weight is 446 g/mol. The zero-order valence-corrected chi connectivity index (χ0v) is 18.6. The Morgan fingerprint density at radius 3 is 2.53 bits per heavy atom. The second-order valence-electron chi connectivity index (χ2n) is 8.32. The summed E-state index contributed by atoms with van der Waals surface area (Å²) >= 11 is 1.62. The molecule has 0 spiro atoms. The molecule has 0 amide bonds. The minimum absolute atomic E-state index is 0.293. The molecule has 32 heavy (non-hydrogen) atoms. The minimum atomic E-state index is -0.909. The Labute approximate surface area is 190 Å². The van der Waals surface area contributed by atoms with Crippen LogP contribution in [0.15, 0.2) is 77.7 Å². The van der Waals surface area contributed by atoms with Gasteiger partial charge in [-0.15, -0.1) is 11.8 Å². The molecule has 5 rings (SSSR count). The summed E-state index contributed by atoms with van der Waals surface area (Å²) in [4.78, 5) is 13.7. The first-order valence-corrected chi connectivity index (χ1v) is 12.0. The summed E-state index contributed by atoms with van der Waals surface area (Å²) < 4.78 is 16.1. The van der Waals surface area contributed by atoms with Gasteiger partial charge in [-0.3, -0.25) is 0 Å². The number of halogens is 1. The first kappa shape index (κ1) is 20.8. The molecule has 3 aromatic carbocycles. The molecule has 0 aliphatic heterocycles. The average Bonchev–Trinajstić information content (AvgIpc) is 3.13. The fraction of sp³-hybridized carbons (Fsp3) is 0.222. The van der Waals surface area contributed by atoms with Crippen molar-refractivity contribution >= 4 is 28.6 Å². The van der Waals surface area contributed by atoms with Crippen molar-refractivity contribution in [1.82, 2.24) is 4.57 Å². The van der Waals surface area contributed by atoms with Crippen LogP contribution in [0.3, 0.4) is 0 Å². The first-order valence-electron chi connectivity index (χ1n) is 10.8. The highest BCUT2D eigenvalue weighted by molar-refractivity contribution is 7.98. The van der Waals surface area contributed by atoms with E-state index < -0.39 is 12.0 Å². The summed E-state index contributed by atoms with van der Waals surface area (Å²) in [5.41, 5.74) is 4.86. The van der Waals surface area contributed by atoms with Crippen molar-refractivity contribution in [1.29, 1.82) is 0 Å². The number of aromatic nitrogens is 1. The predicted octanol–water partition coefficient (Wildman–Crippen LogP) is 6.45. The maximum absolute atomic E-state index is 14.2. The standard InChI is InChI=1S/C27H24FNO2S/c1-32-21-11-7-18(8-12-21)26(27(30)31)29-24-14-10-20(28)16-23(24)22-13-9-19(15-25(22)29)17-5-3-2-4-6-17/h2-8,10-12,14,16,19,26H,9,13,15H2,1H3,(H,30,31). The number of nitrogens with zero attached hydrogens (tertiary/aromatic N) is 1.